The van der Waals surface area contributed by atoms with Crippen molar-refractivity contribution >= 4 is 29.3 Å². The number of halogens is 1. The van der Waals surface area contributed by atoms with Crippen LogP contribution in [0.1, 0.15) is 21.5 Å². The van der Waals surface area contributed by atoms with E-state index in [-0.39, 0.29) is 11.8 Å². The Morgan fingerprint density at radius 1 is 1.09 bits per heavy atom. The summed E-state index contributed by atoms with van der Waals surface area (Å²) in [5.74, 6) is 0.542. The van der Waals surface area contributed by atoms with Gasteiger partial charge in [0.2, 0.25) is 0 Å². The molecule has 0 aliphatic carbocycles. The highest BCUT2D eigenvalue weighted by Gasteiger charge is 2.59. The van der Waals surface area contributed by atoms with Crippen LogP contribution >= 0.6 is 11.8 Å². The van der Waals surface area contributed by atoms with Crippen molar-refractivity contribution in [3.63, 3.8) is 0 Å². The second-order valence-electron chi connectivity index (χ2n) is 7.72. The minimum Gasteiger partial charge on any atom is -0.497 e. The van der Waals surface area contributed by atoms with Gasteiger partial charge in [-0.25, -0.2) is 4.39 Å². The summed E-state index contributed by atoms with van der Waals surface area (Å²) in [5, 5.41) is 0. The number of methoxy groups -OCH3 is 1. The molecule has 3 aromatic rings. The van der Waals surface area contributed by atoms with Crippen molar-refractivity contribution in [2.75, 3.05) is 24.3 Å². The van der Waals surface area contributed by atoms with Gasteiger partial charge < -0.3 is 14.5 Å². The van der Waals surface area contributed by atoms with Gasteiger partial charge in [0.25, 0.3) is 11.8 Å². The van der Waals surface area contributed by atoms with E-state index in [0.717, 1.165) is 22.6 Å². The number of para-hydroxylation sites is 1. The summed E-state index contributed by atoms with van der Waals surface area (Å²) in [6.07, 6.45) is 0. The molecule has 162 valence electrons. The summed E-state index contributed by atoms with van der Waals surface area (Å²) in [6.45, 7) is 0.807. The Bertz CT molecular complexity index is 1200. The number of thioether (sulfide) groups is 1. The molecule has 1 atom stereocenters. The van der Waals surface area contributed by atoms with Gasteiger partial charge in [0, 0.05) is 23.4 Å². The number of anilines is 1. The van der Waals surface area contributed by atoms with Gasteiger partial charge in [-0.3, -0.25) is 9.59 Å². The molecule has 2 heterocycles. The molecule has 3 aromatic carbocycles. The Balaban J connectivity index is 1.55. The number of rotatable bonds is 4. The first-order valence-corrected chi connectivity index (χ1v) is 11.3. The predicted octanol–water partition coefficient (Wildman–Crippen LogP) is 4.42. The Morgan fingerprint density at radius 3 is 2.66 bits per heavy atom. The Kier molecular flexibility index (Phi) is 5.13. The molecule has 5 rings (SSSR count). The van der Waals surface area contributed by atoms with Crippen LogP contribution in [0.4, 0.5) is 10.1 Å². The van der Waals surface area contributed by atoms with Crippen molar-refractivity contribution in [3.8, 4) is 5.75 Å². The first-order valence-electron chi connectivity index (χ1n) is 10.3. The fourth-order valence-corrected chi connectivity index (χ4v) is 5.89. The van der Waals surface area contributed by atoms with Crippen LogP contribution in [0.25, 0.3) is 0 Å². The Labute approximate surface area is 189 Å². The second-order valence-corrected chi connectivity index (χ2v) is 9.00. The molecule has 32 heavy (non-hydrogen) atoms. The SMILES string of the molecule is COc1cccc(CN2C(=O)C3(SCCN3C(=O)c3ccc(F)cc3)c3ccccc32)c1. The van der Waals surface area contributed by atoms with Crippen molar-refractivity contribution in [3.05, 3.63) is 95.3 Å². The molecule has 1 saturated heterocycles. The number of amides is 2. The molecule has 1 fully saturated rings. The van der Waals surface area contributed by atoms with Gasteiger partial charge in [0.1, 0.15) is 11.6 Å². The van der Waals surface area contributed by atoms with Crippen LogP contribution in [0, 0.1) is 5.82 Å². The first kappa shape index (κ1) is 20.6. The molecule has 0 bridgehead atoms. The van der Waals surface area contributed by atoms with Gasteiger partial charge in [0.05, 0.1) is 19.3 Å². The van der Waals surface area contributed by atoms with Gasteiger partial charge in [-0.05, 0) is 48.0 Å². The van der Waals surface area contributed by atoms with Crippen LogP contribution in [0.15, 0.2) is 72.8 Å². The first-order chi connectivity index (χ1) is 15.5. The quantitative estimate of drug-likeness (QED) is 0.593. The van der Waals surface area contributed by atoms with Crippen LogP contribution in [0.2, 0.25) is 0 Å². The molecule has 5 nitrogen and oxygen atoms in total. The van der Waals surface area contributed by atoms with Crippen LogP contribution in [-0.4, -0.2) is 36.1 Å². The van der Waals surface area contributed by atoms with Crippen LogP contribution in [-0.2, 0) is 16.2 Å². The highest BCUT2D eigenvalue weighted by Crippen LogP contribution is 2.54. The third-order valence-corrected chi connectivity index (χ3v) is 7.33. The molecule has 0 aromatic heterocycles. The topological polar surface area (TPSA) is 49.9 Å². The molecule has 7 heteroatoms. The minimum atomic E-state index is -1.12. The standard InChI is InChI=1S/C25H21FN2O3S/c1-31-20-6-4-5-17(15-20)16-27-22-8-3-2-7-21(22)25(24(27)30)28(13-14-32-25)23(29)18-9-11-19(26)12-10-18/h2-12,15H,13-14,16H2,1H3. The summed E-state index contributed by atoms with van der Waals surface area (Å²) in [6, 6.07) is 20.7. The molecule has 2 aliphatic heterocycles. The number of hydrogen-bond donors (Lipinski definition) is 0. The monoisotopic (exact) mass is 448 g/mol. The molecule has 2 aliphatic rings. The van der Waals surface area contributed by atoms with Gasteiger partial charge in [-0.1, -0.05) is 30.3 Å². The van der Waals surface area contributed by atoms with Crippen molar-refractivity contribution in [2.24, 2.45) is 0 Å². The van der Waals surface area contributed by atoms with E-state index in [4.69, 9.17) is 4.74 Å². The minimum absolute atomic E-state index is 0.139. The summed E-state index contributed by atoms with van der Waals surface area (Å²) in [7, 11) is 1.61. The largest absolute Gasteiger partial charge is 0.497 e. The molecular weight excluding hydrogens is 427 g/mol. The van der Waals surface area contributed by atoms with Gasteiger partial charge in [-0.15, -0.1) is 11.8 Å². The molecular formula is C25H21FN2O3S. The fourth-order valence-electron chi connectivity index (χ4n) is 4.43. The number of carbonyl (C=O) groups excluding carboxylic acids is 2. The van der Waals surface area contributed by atoms with E-state index in [1.54, 1.807) is 16.9 Å². The lowest BCUT2D eigenvalue weighted by atomic mass is 10.0. The molecule has 0 radical (unpaired) electrons. The summed E-state index contributed by atoms with van der Waals surface area (Å²) < 4.78 is 18.7. The van der Waals surface area contributed by atoms with Gasteiger partial charge in [-0.2, -0.15) is 0 Å². The number of hydrogen-bond acceptors (Lipinski definition) is 4. The highest BCUT2D eigenvalue weighted by atomic mass is 32.2. The second kappa shape index (κ2) is 7.98. The Morgan fingerprint density at radius 2 is 1.88 bits per heavy atom. The third kappa shape index (κ3) is 3.15. The zero-order valence-corrected chi connectivity index (χ0v) is 18.3. The average Bonchev–Trinajstić information content (AvgIpc) is 3.36. The molecule has 1 unspecified atom stereocenters. The third-order valence-electron chi connectivity index (χ3n) is 5.91. The lowest BCUT2D eigenvalue weighted by Gasteiger charge is -2.33. The highest BCUT2D eigenvalue weighted by molar-refractivity contribution is 8.01. The maximum atomic E-state index is 14.0. The smallest absolute Gasteiger partial charge is 0.268 e. The number of benzene rings is 3. The zero-order valence-electron chi connectivity index (χ0n) is 17.5. The molecule has 2 amide bonds. The lowest BCUT2D eigenvalue weighted by Crippen LogP contribution is -2.50. The number of fused-ring (bicyclic) bond motifs is 2. The Hall–Kier alpha value is -3.32. The zero-order chi connectivity index (χ0) is 22.3. The van der Waals surface area contributed by atoms with E-state index in [9.17, 15) is 14.0 Å². The predicted molar refractivity (Wildman–Crippen MR) is 122 cm³/mol. The van der Waals surface area contributed by atoms with Crippen LogP contribution in [0.5, 0.6) is 5.75 Å². The lowest BCUT2D eigenvalue weighted by molar-refractivity contribution is -0.123. The maximum Gasteiger partial charge on any atom is 0.268 e. The van der Waals surface area contributed by atoms with Crippen molar-refractivity contribution in [2.45, 2.75) is 11.4 Å². The van der Waals surface area contributed by atoms with Crippen molar-refractivity contribution in [1.29, 1.82) is 0 Å². The van der Waals surface area contributed by atoms with Crippen molar-refractivity contribution < 1.29 is 18.7 Å². The van der Waals surface area contributed by atoms with Gasteiger partial charge in [0.15, 0.2) is 4.87 Å². The number of nitrogens with zero attached hydrogens (tertiary/aromatic N) is 2. The van der Waals surface area contributed by atoms with Crippen LogP contribution in [0.3, 0.4) is 0 Å². The summed E-state index contributed by atoms with van der Waals surface area (Å²) in [4.78, 5) is 29.6. The average molecular weight is 449 g/mol. The van der Waals surface area contributed by atoms with Crippen molar-refractivity contribution in [1.82, 2.24) is 4.90 Å². The van der Waals surface area contributed by atoms with E-state index >= 15 is 0 Å². The van der Waals surface area contributed by atoms with E-state index in [1.165, 1.54) is 36.0 Å². The van der Waals surface area contributed by atoms with E-state index in [1.807, 2.05) is 48.5 Å². The normalized spacial score (nSPS) is 19.5. The van der Waals surface area contributed by atoms with Crippen LogP contribution < -0.4 is 9.64 Å². The van der Waals surface area contributed by atoms with E-state index in [0.29, 0.717) is 24.4 Å². The number of ether oxygens (including phenoxy) is 1. The van der Waals surface area contributed by atoms with Gasteiger partial charge >= 0.3 is 0 Å². The maximum absolute atomic E-state index is 14.0. The molecule has 1 spiro atoms. The number of carbonyl (C=O) groups is 2. The molecule has 0 saturated carbocycles. The summed E-state index contributed by atoms with van der Waals surface area (Å²) >= 11 is 1.47. The van der Waals surface area contributed by atoms with E-state index < -0.39 is 10.7 Å². The van der Waals surface area contributed by atoms with E-state index in [2.05, 4.69) is 0 Å². The fraction of sp³-hybridized carbons (Fsp3) is 0.200. The summed E-state index contributed by atoms with van der Waals surface area (Å²) in [5.41, 5.74) is 2.91. The molecule has 0 N–H and O–H groups in total.